The van der Waals surface area contributed by atoms with E-state index in [2.05, 4.69) is 16.0 Å². The summed E-state index contributed by atoms with van der Waals surface area (Å²) in [5.41, 5.74) is 0.440. The van der Waals surface area contributed by atoms with Gasteiger partial charge in [0.05, 0.1) is 18.9 Å². The summed E-state index contributed by atoms with van der Waals surface area (Å²) < 4.78 is 18.8. The fourth-order valence-electron chi connectivity index (χ4n) is 1.86. The van der Waals surface area contributed by atoms with E-state index in [1.54, 1.807) is 0 Å². The Morgan fingerprint density at radius 3 is 2.76 bits per heavy atom. The molecule has 1 heterocycles. The van der Waals surface area contributed by atoms with Gasteiger partial charge in [0.15, 0.2) is 0 Å². The van der Waals surface area contributed by atoms with Gasteiger partial charge in [-0.3, -0.25) is 9.59 Å². The third-order valence-electron chi connectivity index (χ3n) is 2.78. The summed E-state index contributed by atoms with van der Waals surface area (Å²) in [5, 5.41) is 7.99. The van der Waals surface area contributed by atoms with Crippen molar-refractivity contribution in [2.24, 2.45) is 0 Å². The third kappa shape index (κ3) is 4.96. The highest BCUT2D eigenvalue weighted by atomic mass is 35.5. The number of rotatable bonds is 3. The van der Waals surface area contributed by atoms with E-state index in [0.717, 1.165) is 0 Å². The molecule has 1 aliphatic rings. The van der Waals surface area contributed by atoms with Crippen LogP contribution in [0.3, 0.4) is 0 Å². The maximum atomic E-state index is 13.7. The average Bonchev–Trinajstić information content (AvgIpc) is 2.43. The molecule has 1 aliphatic heterocycles. The zero-order chi connectivity index (χ0) is 14.5. The molecule has 1 fully saturated rings. The summed E-state index contributed by atoms with van der Waals surface area (Å²) in [5.74, 6) is -1.20. The van der Waals surface area contributed by atoms with Crippen molar-refractivity contribution >= 4 is 35.6 Å². The SMILES string of the molecule is CC(=O)Nc1ccc(F)c(NC(=O)C2COCCN2)c1.Cl. The molecule has 0 saturated carbocycles. The molecule has 0 aromatic heterocycles. The molecule has 1 saturated heterocycles. The van der Waals surface area contributed by atoms with E-state index >= 15 is 0 Å². The molecular weight excluding hydrogens is 301 g/mol. The molecule has 8 heteroatoms. The number of ether oxygens (including phenoxy) is 1. The molecule has 2 amide bonds. The quantitative estimate of drug-likeness (QED) is 0.781. The van der Waals surface area contributed by atoms with Crippen LogP contribution < -0.4 is 16.0 Å². The van der Waals surface area contributed by atoms with Gasteiger partial charge in [-0.1, -0.05) is 0 Å². The molecule has 1 aromatic carbocycles. The number of anilines is 2. The number of halogens is 2. The highest BCUT2D eigenvalue weighted by Crippen LogP contribution is 2.20. The molecule has 0 aliphatic carbocycles. The van der Waals surface area contributed by atoms with E-state index in [1.165, 1.54) is 25.1 Å². The Morgan fingerprint density at radius 1 is 1.38 bits per heavy atom. The molecule has 2 rings (SSSR count). The number of hydrogen-bond acceptors (Lipinski definition) is 4. The molecule has 0 spiro atoms. The smallest absolute Gasteiger partial charge is 0.243 e. The van der Waals surface area contributed by atoms with E-state index in [9.17, 15) is 14.0 Å². The van der Waals surface area contributed by atoms with Gasteiger partial charge in [-0.2, -0.15) is 0 Å². The van der Waals surface area contributed by atoms with Crippen LogP contribution in [0, 0.1) is 5.82 Å². The van der Waals surface area contributed by atoms with Crippen LogP contribution in [0.5, 0.6) is 0 Å². The summed E-state index contributed by atoms with van der Waals surface area (Å²) in [6, 6.07) is 3.48. The minimum Gasteiger partial charge on any atom is -0.378 e. The summed E-state index contributed by atoms with van der Waals surface area (Å²) in [4.78, 5) is 22.9. The fraction of sp³-hybridized carbons (Fsp3) is 0.385. The monoisotopic (exact) mass is 317 g/mol. The number of carbonyl (C=O) groups excluding carboxylic acids is 2. The first kappa shape index (κ1) is 17.4. The maximum Gasteiger partial charge on any atom is 0.243 e. The Kier molecular flexibility index (Phi) is 6.54. The first-order valence-electron chi connectivity index (χ1n) is 6.25. The lowest BCUT2D eigenvalue weighted by Crippen LogP contribution is -2.48. The second kappa shape index (κ2) is 7.92. The molecule has 1 unspecified atom stereocenters. The number of morpholine rings is 1. The zero-order valence-corrected chi connectivity index (χ0v) is 12.3. The van der Waals surface area contributed by atoms with Crippen LogP contribution >= 0.6 is 12.4 Å². The molecule has 21 heavy (non-hydrogen) atoms. The van der Waals surface area contributed by atoms with Crippen molar-refractivity contribution in [2.75, 3.05) is 30.4 Å². The number of nitrogens with one attached hydrogen (secondary N) is 3. The van der Waals surface area contributed by atoms with Gasteiger partial charge in [0.1, 0.15) is 11.9 Å². The van der Waals surface area contributed by atoms with Gasteiger partial charge in [0.2, 0.25) is 11.8 Å². The number of hydrogen-bond donors (Lipinski definition) is 3. The van der Waals surface area contributed by atoms with Gasteiger partial charge in [-0.15, -0.1) is 12.4 Å². The van der Waals surface area contributed by atoms with Crippen molar-refractivity contribution in [1.29, 1.82) is 0 Å². The van der Waals surface area contributed by atoms with Crippen LogP contribution in [-0.2, 0) is 14.3 Å². The van der Waals surface area contributed by atoms with Gasteiger partial charge in [-0.05, 0) is 18.2 Å². The standard InChI is InChI=1S/C13H16FN3O3.ClH/c1-8(18)16-9-2-3-10(14)11(6-9)17-13(19)12-7-20-5-4-15-12;/h2-3,6,12,15H,4-5,7H2,1H3,(H,16,18)(H,17,19);1H. The van der Waals surface area contributed by atoms with E-state index in [0.29, 0.717) is 18.8 Å². The highest BCUT2D eigenvalue weighted by molar-refractivity contribution is 5.96. The Labute approximate surface area is 127 Å². The van der Waals surface area contributed by atoms with Gasteiger partial charge in [0, 0.05) is 19.2 Å². The van der Waals surface area contributed by atoms with Crippen molar-refractivity contribution < 1.29 is 18.7 Å². The van der Waals surface area contributed by atoms with Crippen molar-refractivity contribution in [3.8, 4) is 0 Å². The molecule has 3 N–H and O–H groups in total. The van der Waals surface area contributed by atoms with Crippen LogP contribution in [-0.4, -0.2) is 37.6 Å². The molecule has 116 valence electrons. The molecule has 1 aromatic rings. The minimum absolute atomic E-state index is 0. The van der Waals surface area contributed by atoms with Crippen molar-refractivity contribution in [3.05, 3.63) is 24.0 Å². The third-order valence-corrected chi connectivity index (χ3v) is 2.78. The van der Waals surface area contributed by atoms with Gasteiger partial charge in [0.25, 0.3) is 0 Å². The fourth-order valence-corrected chi connectivity index (χ4v) is 1.86. The van der Waals surface area contributed by atoms with Crippen LogP contribution in [0.2, 0.25) is 0 Å². The summed E-state index contributed by atoms with van der Waals surface area (Å²) >= 11 is 0. The molecule has 1 atom stereocenters. The first-order valence-corrected chi connectivity index (χ1v) is 6.25. The van der Waals surface area contributed by atoms with E-state index in [-0.39, 0.29) is 36.5 Å². The molecule has 6 nitrogen and oxygen atoms in total. The van der Waals surface area contributed by atoms with Gasteiger partial charge >= 0.3 is 0 Å². The lowest BCUT2D eigenvalue weighted by atomic mass is 10.2. The Morgan fingerprint density at radius 2 is 2.14 bits per heavy atom. The topological polar surface area (TPSA) is 79.5 Å². The molecule has 0 bridgehead atoms. The van der Waals surface area contributed by atoms with Crippen molar-refractivity contribution in [1.82, 2.24) is 5.32 Å². The summed E-state index contributed by atoms with van der Waals surface area (Å²) in [6.07, 6.45) is 0. The highest BCUT2D eigenvalue weighted by Gasteiger charge is 2.22. The minimum atomic E-state index is -0.566. The van der Waals surface area contributed by atoms with Crippen LogP contribution in [0.15, 0.2) is 18.2 Å². The first-order chi connectivity index (χ1) is 9.56. The van der Waals surface area contributed by atoms with Crippen LogP contribution in [0.25, 0.3) is 0 Å². The average molecular weight is 318 g/mol. The largest absolute Gasteiger partial charge is 0.378 e. The normalized spacial score (nSPS) is 17.5. The van der Waals surface area contributed by atoms with Crippen LogP contribution in [0.4, 0.5) is 15.8 Å². The number of amides is 2. The maximum absolute atomic E-state index is 13.7. The Hall–Kier alpha value is -1.70. The predicted molar refractivity (Wildman–Crippen MR) is 79.2 cm³/mol. The van der Waals surface area contributed by atoms with Gasteiger partial charge < -0.3 is 20.7 Å². The van der Waals surface area contributed by atoms with Gasteiger partial charge in [-0.25, -0.2) is 4.39 Å². The number of benzene rings is 1. The molecule has 0 radical (unpaired) electrons. The lowest BCUT2D eigenvalue weighted by Gasteiger charge is -2.23. The second-order valence-electron chi connectivity index (χ2n) is 4.45. The Bertz CT molecular complexity index is 521. The predicted octanol–water partition coefficient (Wildman–Crippen LogP) is 1.13. The summed E-state index contributed by atoms with van der Waals surface area (Å²) in [7, 11) is 0. The Balaban J connectivity index is 0.00000220. The zero-order valence-electron chi connectivity index (χ0n) is 11.4. The van der Waals surface area contributed by atoms with Crippen molar-refractivity contribution in [2.45, 2.75) is 13.0 Å². The molecular formula is C13H17ClFN3O3. The van der Waals surface area contributed by atoms with Crippen molar-refractivity contribution in [3.63, 3.8) is 0 Å². The van der Waals surface area contributed by atoms with Crippen LogP contribution in [0.1, 0.15) is 6.92 Å². The van der Waals surface area contributed by atoms with E-state index in [4.69, 9.17) is 4.74 Å². The lowest BCUT2D eigenvalue weighted by molar-refractivity contribution is -0.120. The summed E-state index contributed by atoms with van der Waals surface area (Å²) in [6.45, 7) is 2.73. The second-order valence-corrected chi connectivity index (χ2v) is 4.45. The van der Waals surface area contributed by atoms with E-state index in [1.807, 2.05) is 0 Å². The van der Waals surface area contributed by atoms with E-state index < -0.39 is 11.9 Å². The number of carbonyl (C=O) groups is 2.